The second-order valence-corrected chi connectivity index (χ2v) is 8.34. The van der Waals surface area contributed by atoms with Gasteiger partial charge in [-0.25, -0.2) is 4.21 Å². The zero-order valence-electron chi connectivity index (χ0n) is 14.2. The van der Waals surface area contributed by atoms with Gasteiger partial charge in [-0.2, -0.15) is 0 Å². The smallest absolute Gasteiger partial charge is 0.163 e. The van der Waals surface area contributed by atoms with Gasteiger partial charge in [-0.3, -0.25) is 4.18 Å². The first kappa shape index (κ1) is 18.0. The Morgan fingerprint density at radius 2 is 1.87 bits per heavy atom. The van der Waals surface area contributed by atoms with Crippen LogP contribution in [-0.4, -0.2) is 22.2 Å². The molecular weight excluding hydrogens is 308 g/mol. The molecule has 0 N–H and O–H groups in total. The second kappa shape index (κ2) is 7.99. The molecule has 3 unspecified atom stereocenters. The topological polar surface area (TPSA) is 35.5 Å². The van der Waals surface area contributed by atoms with Crippen LogP contribution in [0.1, 0.15) is 52.0 Å². The molecule has 1 aromatic carbocycles. The summed E-state index contributed by atoms with van der Waals surface area (Å²) >= 11 is -1.40. The van der Waals surface area contributed by atoms with E-state index in [1.807, 2.05) is 12.1 Å². The molecule has 23 heavy (non-hydrogen) atoms. The van der Waals surface area contributed by atoms with Crippen LogP contribution in [-0.2, 0) is 20.7 Å². The molecule has 0 saturated heterocycles. The molecule has 0 heterocycles. The molecule has 1 aliphatic carbocycles. The van der Waals surface area contributed by atoms with Crippen molar-refractivity contribution >= 4 is 11.1 Å². The van der Waals surface area contributed by atoms with Crippen LogP contribution in [0.3, 0.4) is 0 Å². The Labute approximate surface area is 142 Å². The van der Waals surface area contributed by atoms with Crippen LogP contribution in [0.25, 0.3) is 0 Å². The lowest BCUT2D eigenvalue weighted by Crippen LogP contribution is -2.38. The van der Waals surface area contributed by atoms with E-state index in [4.69, 9.17) is 15.3 Å². The zero-order valence-corrected chi connectivity index (χ0v) is 15.0. The molecule has 3 atom stereocenters. The standard InChI is InChI=1S/C19H26O3S/c1-5-14-21-23(20)18-9-7-6-8-17(18)22-16-12-10-15(11-13-16)19(2,3)4/h1,10-13,17-18H,6-9,14H2,2-4H3. The number of hydrogen-bond donors (Lipinski definition) is 0. The maximum atomic E-state index is 12.3. The van der Waals surface area contributed by atoms with Gasteiger partial charge >= 0.3 is 0 Å². The normalized spacial score (nSPS) is 23.0. The van der Waals surface area contributed by atoms with Crippen molar-refractivity contribution in [2.45, 2.75) is 63.2 Å². The number of terminal acetylenes is 1. The number of benzene rings is 1. The molecule has 0 bridgehead atoms. The summed E-state index contributed by atoms with van der Waals surface area (Å²) in [7, 11) is 0. The quantitative estimate of drug-likeness (QED) is 0.764. The molecule has 0 spiro atoms. The fourth-order valence-corrected chi connectivity index (χ4v) is 3.96. The highest BCUT2D eigenvalue weighted by Crippen LogP contribution is 2.29. The van der Waals surface area contributed by atoms with E-state index in [1.165, 1.54) is 5.56 Å². The number of hydrogen-bond acceptors (Lipinski definition) is 3. The van der Waals surface area contributed by atoms with Gasteiger partial charge in [-0.05, 0) is 42.4 Å². The molecule has 1 fully saturated rings. The molecule has 1 saturated carbocycles. The van der Waals surface area contributed by atoms with E-state index in [-0.39, 0.29) is 23.4 Å². The lowest BCUT2D eigenvalue weighted by Gasteiger charge is -2.30. The molecule has 0 radical (unpaired) electrons. The van der Waals surface area contributed by atoms with Gasteiger partial charge in [0.15, 0.2) is 11.1 Å². The van der Waals surface area contributed by atoms with Gasteiger partial charge in [0.1, 0.15) is 18.5 Å². The van der Waals surface area contributed by atoms with Crippen LogP contribution in [0.15, 0.2) is 24.3 Å². The highest BCUT2D eigenvalue weighted by Gasteiger charge is 2.32. The lowest BCUT2D eigenvalue weighted by molar-refractivity contribution is 0.155. The molecule has 0 amide bonds. The average Bonchev–Trinajstić information content (AvgIpc) is 2.53. The predicted octanol–water partition coefficient (Wildman–Crippen LogP) is 3.99. The Morgan fingerprint density at radius 1 is 1.22 bits per heavy atom. The molecule has 126 valence electrons. The van der Waals surface area contributed by atoms with Gasteiger partial charge in [0.25, 0.3) is 0 Å². The van der Waals surface area contributed by atoms with E-state index in [2.05, 4.69) is 38.8 Å². The Kier molecular flexibility index (Phi) is 6.26. The average molecular weight is 334 g/mol. The van der Waals surface area contributed by atoms with Crippen LogP contribution < -0.4 is 4.74 Å². The first-order valence-corrected chi connectivity index (χ1v) is 9.30. The highest BCUT2D eigenvalue weighted by atomic mass is 32.2. The van der Waals surface area contributed by atoms with Crippen molar-refractivity contribution in [2.75, 3.05) is 6.61 Å². The molecule has 4 heteroatoms. The first-order valence-electron chi connectivity index (χ1n) is 8.16. The highest BCUT2D eigenvalue weighted by molar-refractivity contribution is 7.80. The summed E-state index contributed by atoms with van der Waals surface area (Å²) in [4.78, 5) is 0. The zero-order chi connectivity index (χ0) is 16.9. The Hall–Kier alpha value is -1.31. The summed E-state index contributed by atoms with van der Waals surface area (Å²) in [5.74, 6) is 3.19. The van der Waals surface area contributed by atoms with Crippen molar-refractivity contribution < 1.29 is 13.1 Å². The van der Waals surface area contributed by atoms with Crippen molar-refractivity contribution in [1.82, 2.24) is 0 Å². The van der Waals surface area contributed by atoms with Gasteiger partial charge in [-0.15, -0.1) is 6.42 Å². The maximum Gasteiger partial charge on any atom is 0.163 e. The van der Waals surface area contributed by atoms with Crippen molar-refractivity contribution in [2.24, 2.45) is 0 Å². The van der Waals surface area contributed by atoms with Crippen molar-refractivity contribution in [3.63, 3.8) is 0 Å². The first-order chi connectivity index (χ1) is 10.9. The molecule has 3 nitrogen and oxygen atoms in total. The summed E-state index contributed by atoms with van der Waals surface area (Å²) < 4.78 is 23.6. The maximum absolute atomic E-state index is 12.3. The van der Waals surface area contributed by atoms with Crippen LogP contribution in [0.4, 0.5) is 0 Å². The summed E-state index contributed by atoms with van der Waals surface area (Å²) in [5, 5.41) is -0.112. The fraction of sp³-hybridized carbons (Fsp3) is 0.579. The van der Waals surface area contributed by atoms with Gasteiger partial charge in [0.05, 0.1) is 5.25 Å². The summed E-state index contributed by atoms with van der Waals surface area (Å²) in [6.07, 6.45) is 8.99. The second-order valence-electron chi connectivity index (χ2n) is 6.98. The molecule has 0 aliphatic heterocycles. The van der Waals surface area contributed by atoms with E-state index < -0.39 is 11.1 Å². The van der Waals surface area contributed by atoms with E-state index >= 15 is 0 Å². The Bertz CT molecular complexity index is 566. The Morgan fingerprint density at radius 3 is 2.48 bits per heavy atom. The van der Waals surface area contributed by atoms with Crippen LogP contribution in [0, 0.1) is 12.3 Å². The minimum absolute atomic E-state index is 0.0795. The predicted molar refractivity (Wildman–Crippen MR) is 94.7 cm³/mol. The van der Waals surface area contributed by atoms with Crippen molar-refractivity contribution in [3.05, 3.63) is 29.8 Å². The third kappa shape index (κ3) is 5.09. The fourth-order valence-electron chi connectivity index (χ4n) is 2.81. The SMILES string of the molecule is C#CCOS(=O)C1CCCCC1Oc1ccc(C(C)(C)C)cc1. The molecule has 1 aliphatic rings. The van der Waals surface area contributed by atoms with Crippen LogP contribution in [0.5, 0.6) is 5.75 Å². The minimum Gasteiger partial charge on any atom is -0.489 e. The van der Waals surface area contributed by atoms with Crippen molar-refractivity contribution in [3.8, 4) is 18.1 Å². The third-order valence-electron chi connectivity index (χ3n) is 4.16. The van der Waals surface area contributed by atoms with E-state index in [1.54, 1.807) is 0 Å². The van der Waals surface area contributed by atoms with Gasteiger partial charge in [0, 0.05) is 0 Å². The van der Waals surface area contributed by atoms with Gasteiger partial charge < -0.3 is 4.74 Å². The molecule has 0 aromatic heterocycles. The van der Waals surface area contributed by atoms with Gasteiger partial charge in [-0.1, -0.05) is 45.2 Å². The van der Waals surface area contributed by atoms with E-state index in [0.29, 0.717) is 0 Å². The summed E-state index contributed by atoms with van der Waals surface area (Å²) in [6, 6.07) is 8.19. The van der Waals surface area contributed by atoms with E-state index in [9.17, 15) is 4.21 Å². The lowest BCUT2D eigenvalue weighted by atomic mass is 9.87. The third-order valence-corrected chi connectivity index (χ3v) is 5.54. The monoisotopic (exact) mass is 334 g/mol. The van der Waals surface area contributed by atoms with E-state index in [0.717, 1.165) is 31.4 Å². The number of ether oxygens (including phenoxy) is 1. The van der Waals surface area contributed by atoms with Crippen LogP contribution >= 0.6 is 0 Å². The Balaban J connectivity index is 2.04. The van der Waals surface area contributed by atoms with Gasteiger partial charge in [0.2, 0.25) is 0 Å². The largest absolute Gasteiger partial charge is 0.489 e. The molecule has 2 rings (SSSR count). The molecular formula is C19H26O3S. The summed E-state index contributed by atoms with van der Waals surface area (Å²) in [6.45, 7) is 6.64. The van der Waals surface area contributed by atoms with Crippen molar-refractivity contribution in [1.29, 1.82) is 0 Å². The number of rotatable bonds is 5. The van der Waals surface area contributed by atoms with Crippen LogP contribution in [0.2, 0.25) is 0 Å². The molecule has 1 aromatic rings. The minimum atomic E-state index is -1.40. The summed E-state index contributed by atoms with van der Waals surface area (Å²) in [5.41, 5.74) is 1.39.